The minimum atomic E-state index is -0.651. The summed E-state index contributed by atoms with van der Waals surface area (Å²) in [6.45, 7) is 2.59. The Morgan fingerprint density at radius 2 is 2.03 bits per heavy atom. The molecule has 1 aromatic heterocycles. The number of fused-ring (bicyclic) bond motifs is 2. The predicted octanol–water partition coefficient (Wildman–Crippen LogP) is 2.79. The molecule has 0 aliphatic carbocycles. The fourth-order valence-corrected chi connectivity index (χ4v) is 5.07. The van der Waals surface area contributed by atoms with Crippen LogP contribution < -0.4 is 10.6 Å². The van der Waals surface area contributed by atoms with Gasteiger partial charge in [-0.2, -0.15) is 0 Å². The van der Waals surface area contributed by atoms with Crippen LogP contribution in [0, 0.1) is 6.92 Å². The second-order valence-electron chi connectivity index (χ2n) is 8.36. The largest absolute Gasteiger partial charge is 0.445 e. The van der Waals surface area contributed by atoms with Gasteiger partial charge in [0.2, 0.25) is 11.8 Å². The van der Waals surface area contributed by atoms with Crippen molar-refractivity contribution in [2.45, 2.75) is 45.5 Å². The molecule has 2 N–H and O–H groups in total. The molecule has 5 rings (SSSR count). The molecule has 0 bridgehead atoms. The van der Waals surface area contributed by atoms with Crippen molar-refractivity contribution in [1.82, 2.24) is 20.5 Å². The second-order valence-corrected chi connectivity index (χ2v) is 9.59. The number of carbonyl (C=O) groups excluding carboxylic acids is 4. The van der Waals surface area contributed by atoms with E-state index in [0.29, 0.717) is 18.5 Å². The molecular weight excluding hydrogens is 456 g/mol. The van der Waals surface area contributed by atoms with E-state index in [2.05, 4.69) is 15.6 Å². The third kappa shape index (κ3) is 4.36. The Labute approximate surface area is 199 Å². The number of imide groups is 1. The summed E-state index contributed by atoms with van der Waals surface area (Å²) >= 11 is 1.62. The van der Waals surface area contributed by atoms with E-state index in [1.54, 1.807) is 17.4 Å². The van der Waals surface area contributed by atoms with E-state index in [0.717, 1.165) is 31.9 Å². The van der Waals surface area contributed by atoms with Crippen LogP contribution in [0.15, 0.2) is 36.4 Å². The number of benzene rings is 2. The number of alkyl carbamates (subject to hydrolysis) is 1. The van der Waals surface area contributed by atoms with Crippen molar-refractivity contribution >= 4 is 45.4 Å². The number of carbonyl (C=O) groups is 4. The minimum absolute atomic E-state index is 0.127. The number of hydrogen-bond acceptors (Lipinski definition) is 7. The number of hydrogen-bond donors (Lipinski definition) is 2. The van der Waals surface area contributed by atoms with Crippen molar-refractivity contribution in [2.24, 2.45) is 0 Å². The van der Waals surface area contributed by atoms with E-state index in [-0.39, 0.29) is 31.4 Å². The van der Waals surface area contributed by atoms with Crippen LogP contribution in [0.25, 0.3) is 10.2 Å². The first-order chi connectivity index (χ1) is 16.4. The van der Waals surface area contributed by atoms with Crippen molar-refractivity contribution in [1.29, 1.82) is 0 Å². The summed E-state index contributed by atoms with van der Waals surface area (Å²) in [5.74, 6) is -1.00. The van der Waals surface area contributed by atoms with E-state index in [1.807, 2.05) is 37.3 Å². The van der Waals surface area contributed by atoms with Gasteiger partial charge in [0.05, 0.1) is 15.2 Å². The zero-order valence-electron chi connectivity index (χ0n) is 18.4. The summed E-state index contributed by atoms with van der Waals surface area (Å²) in [4.78, 5) is 54.6. The van der Waals surface area contributed by atoms with Crippen LogP contribution in [-0.2, 0) is 34.0 Å². The summed E-state index contributed by atoms with van der Waals surface area (Å²) in [5, 5.41) is 5.98. The molecule has 1 saturated heterocycles. The topological polar surface area (TPSA) is 118 Å². The normalized spacial score (nSPS) is 17.6. The van der Waals surface area contributed by atoms with Gasteiger partial charge in [0.15, 0.2) is 0 Å². The molecule has 3 heterocycles. The number of piperidine rings is 1. The number of ether oxygens (including phenoxy) is 1. The van der Waals surface area contributed by atoms with Gasteiger partial charge in [-0.15, -0.1) is 11.3 Å². The van der Waals surface area contributed by atoms with Crippen molar-refractivity contribution in [3.05, 3.63) is 63.7 Å². The molecule has 1 atom stereocenters. The highest BCUT2D eigenvalue weighted by Crippen LogP contribution is 2.28. The second kappa shape index (κ2) is 8.86. The zero-order valence-corrected chi connectivity index (χ0v) is 19.2. The van der Waals surface area contributed by atoms with Gasteiger partial charge < -0.3 is 15.0 Å². The maximum Gasteiger partial charge on any atom is 0.407 e. The Hall–Kier alpha value is -3.79. The Bertz CT molecular complexity index is 1330. The van der Waals surface area contributed by atoms with Gasteiger partial charge in [-0.25, -0.2) is 9.78 Å². The zero-order chi connectivity index (χ0) is 23.8. The third-order valence-corrected chi connectivity index (χ3v) is 6.91. The molecule has 10 heteroatoms. The summed E-state index contributed by atoms with van der Waals surface area (Å²) < 4.78 is 6.41. The number of rotatable bonds is 5. The number of aryl methyl sites for hydroxylation is 1. The van der Waals surface area contributed by atoms with Crippen LogP contribution in [-0.4, -0.2) is 39.7 Å². The average molecular weight is 479 g/mol. The van der Waals surface area contributed by atoms with E-state index in [9.17, 15) is 19.2 Å². The smallest absolute Gasteiger partial charge is 0.407 e. The lowest BCUT2D eigenvalue weighted by Crippen LogP contribution is -2.52. The van der Waals surface area contributed by atoms with Gasteiger partial charge in [0, 0.05) is 25.1 Å². The third-order valence-electron chi connectivity index (χ3n) is 5.96. The number of nitrogens with one attached hydrogen (secondary N) is 2. The van der Waals surface area contributed by atoms with E-state index in [4.69, 9.17) is 4.74 Å². The summed E-state index contributed by atoms with van der Waals surface area (Å²) in [6, 6.07) is 10.5. The molecule has 0 spiro atoms. The highest BCUT2D eigenvalue weighted by Gasteiger charge is 2.39. The minimum Gasteiger partial charge on any atom is -0.445 e. The van der Waals surface area contributed by atoms with Crippen molar-refractivity contribution in [3.63, 3.8) is 0 Å². The van der Waals surface area contributed by atoms with Gasteiger partial charge in [-0.1, -0.05) is 18.2 Å². The molecule has 0 radical (unpaired) electrons. The number of nitrogens with zero attached hydrogens (tertiary/aromatic N) is 2. The summed E-state index contributed by atoms with van der Waals surface area (Å²) in [7, 11) is 0. The molecule has 2 aliphatic rings. The van der Waals surface area contributed by atoms with Crippen LogP contribution in [0.5, 0.6) is 0 Å². The van der Waals surface area contributed by atoms with Gasteiger partial charge in [-0.05, 0) is 48.2 Å². The van der Waals surface area contributed by atoms with E-state index >= 15 is 0 Å². The molecule has 1 fully saturated rings. The molecule has 174 valence electrons. The number of thiazole rings is 1. The molecule has 3 aromatic rings. The van der Waals surface area contributed by atoms with Crippen LogP contribution >= 0.6 is 11.3 Å². The van der Waals surface area contributed by atoms with Gasteiger partial charge >= 0.3 is 6.09 Å². The van der Waals surface area contributed by atoms with Crippen molar-refractivity contribution in [3.8, 4) is 0 Å². The van der Waals surface area contributed by atoms with E-state index in [1.165, 1.54) is 4.90 Å². The Balaban J connectivity index is 1.17. The highest BCUT2D eigenvalue weighted by molar-refractivity contribution is 7.18. The van der Waals surface area contributed by atoms with Gasteiger partial charge in [0.25, 0.3) is 5.91 Å². The quantitative estimate of drug-likeness (QED) is 0.545. The summed E-state index contributed by atoms with van der Waals surface area (Å²) in [5.41, 5.74) is 3.80. The molecular formula is C24H22N4O5S. The Kier molecular flexibility index (Phi) is 5.74. The first kappa shape index (κ1) is 22.0. The SMILES string of the molecule is Cc1nc2cc(COC(=O)NCc3ccc4c(c3)C(=O)N(C3CCC(=O)NC3=O)C4)ccc2s1. The van der Waals surface area contributed by atoms with Crippen LogP contribution in [0.4, 0.5) is 4.79 Å². The highest BCUT2D eigenvalue weighted by atomic mass is 32.1. The lowest BCUT2D eigenvalue weighted by Gasteiger charge is -2.29. The number of amides is 4. The first-order valence-corrected chi connectivity index (χ1v) is 11.7. The molecule has 1 unspecified atom stereocenters. The van der Waals surface area contributed by atoms with Gasteiger partial charge in [-0.3, -0.25) is 19.7 Å². The first-order valence-electron chi connectivity index (χ1n) is 10.9. The molecule has 2 aliphatic heterocycles. The molecule has 0 saturated carbocycles. The van der Waals surface area contributed by atoms with E-state index < -0.39 is 18.0 Å². The standard InChI is InChI=1S/C24H22N4O5S/c1-13-26-18-9-15(3-6-20(18)34-13)12-33-24(32)25-10-14-2-4-16-11-28(23(31)17(16)8-14)19-5-7-21(29)27-22(19)30/h2-4,6,8-9,19H,5,7,10-12H2,1H3,(H,25,32)(H,27,29,30). The fraction of sp³-hybridized carbons (Fsp3) is 0.292. The fourth-order valence-electron chi connectivity index (χ4n) is 4.26. The van der Waals surface area contributed by atoms with Crippen molar-refractivity contribution < 1.29 is 23.9 Å². The van der Waals surface area contributed by atoms with Crippen LogP contribution in [0.3, 0.4) is 0 Å². The average Bonchev–Trinajstić information content (AvgIpc) is 3.34. The van der Waals surface area contributed by atoms with Crippen molar-refractivity contribution in [2.75, 3.05) is 0 Å². The maximum absolute atomic E-state index is 12.9. The predicted molar refractivity (Wildman–Crippen MR) is 124 cm³/mol. The van der Waals surface area contributed by atoms with Crippen LogP contribution in [0.2, 0.25) is 0 Å². The molecule has 4 amide bonds. The van der Waals surface area contributed by atoms with Gasteiger partial charge in [0.1, 0.15) is 12.6 Å². The van der Waals surface area contributed by atoms with Crippen LogP contribution in [0.1, 0.15) is 44.9 Å². The molecule has 2 aromatic carbocycles. The Morgan fingerprint density at radius 3 is 2.85 bits per heavy atom. The maximum atomic E-state index is 12.9. The lowest BCUT2D eigenvalue weighted by molar-refractivity contribution is -0.136. The number of aromatic nitrogens is 1. The Morgan fingerprint density at radius 1 is 1.21 bits per heavy atom. The molecule has 9 nitrogen and oxygen atoms in total. The summed E-state index contributed by atoms with van der Waals surface area (Å²) in [6.07, 6.45) is -0.0309. The monoisotopic (exact) mass is 478 g/mol. The molecule has 34 heavy (non-hydrogen) atoms. The lowest BCUT2D eigenvalue weighted by atomic mass is 10.0.